The predicted octanol–water partition coefficient (Wildman–Crippen LogP) is 1.47. The molecule has 1 aromatic rings. The van der Waals surface area contributed by atoms with Gasteiger partial charge in [0, 0.05) is 25.8 Å². The Balaban J connectivity index is 2.57. The second-order valence-electron chi connectivity index (χ2n) is 3.90. The number of carbonyl (C=O) groups excluding carboxylic acids is 2. The van der Waals surface area contributed by atoms with Crippen LogP contribution in [0.4, 0.5) is 4.39 Å². The topological polar surface area (TPSA) is 55.4 Å². The molecule has 0 saturated heterocycles. The highest BCUT2D eigenvalue weighted by Crippen LogP contribution is 2.09. The van der Waals surface area contributed by atoms with Crippen molar-refractivity contribution in [2.24, 2.45) is 0 Å². The Morgan fingerprint density at radius 1 is 1.39 bits per heavy atom. The van der Waals surface area contributed by atoms with Gasteiger partial charge in [0.15, 0.2) is 0 Å². The van der Waals surface area contributed by atoms with Gasteiger partial charge in [-0.25, -0.2) is 4.39 Å². The standard InChI is InChI=1S/C13H16FNO3/c1-9-8-10(4-5-11(9)14)12(16)13(17)15-6-3-7-18-2/h4-5,8H,3,6-7H2,1-2H3,(H,15,17). The third-order valence-electron chi connectivity index (χ3n) is 2.44. The Morgan fingerprint density at radius 2 is 2.11 bits per heavy atom. The maximum atomic E-state index is 13.0. The summed E-state index contributed by atoms with van der Waals surface area (Å²) >= 11 is 0. The molecule has 1 aromatic carbocycles. The molecule has 0 radical (unpaired) electrons. The lowest BCUT2D eigenvalue weighted by Crippen LogP contribution is -2.32. The third kappa shape index (κ3) is 3.92. The first-order valence-corrected chi connectivity index (χ1v) is 5.64. The van der Waals surface area contributed by atoms with Crippen molar-refractivity contribution < 1.29 is 18.7 Å². The van der Waals surface area contributed by atoms with Crippen molar-refractivity contribution in [2.75, 3.05) is 20.3 Å². The van der Waals surface area contributed by atoms with Crippen molar-refractivity contribution in [3.8, 4) is 0 Å². The summed E-state index contributed by atoms with van der Waals surface area (Å²) in [5, 5.41) is 2.49. The smallest absolute Gasteiger partial charge is 0.292 e. The average Bonchev–Trinajstić information content (AvgIpc) is 2.37. The molecule has 98 valence electrons. The van der Waals surface area contributed by atoms with Gasteiger partial charge in [-0.1, -0.05) is 0 Å². The molecular weight excluding hydrogens is 237 g/mol. The summed E-state index contributed by atoms with van der Waals surface area (Å²) in [6.45, 7) is 2.44. The summed E-state index contributed by atoms with van der Waals surface area (Å²) in [7, 11) is 1.56. The number of carbonyl (C=O) groups is 2. The van der Waals surface area contributed by atoms with Gasteiger partial charge in [-0.05, 0) is 37.1 Å². The van der Waals surface area contributed by atoms with E-state index < -0.39 is 17.5 Å². The fourth-order valence-corrected chi connectivity index (χ4v) is 1.42. The Bertz CT molecular complexity index is 446. The summed E-state index contributed by atoms with van der Waals surface area (Å²) in [4.78, 5) is 23.2. The molecule has 0 unspecified atom stereocenters. The van der Waals surface area contributed by atoms with Gasteiger partial charge in [-0.15, -0.1) is 0 Å². The number of rotatable bonds is 6. The number of benzene rings is 1. The Kier molecular flexibility index (Phi) is 5.45. The van der Waals surface area contributed by atoms with Crippen molar-refractivity contribution in [1.29, 1.82) is 0 Å². The summed E-state index contributed by atoms with van der Waals surface area (Å²) < 4.78 is 17.8. The number of nitrogens with one attached hydrogen (secondary N) is 1. The van der Waals surface area contributed by atoms with Crippen LogP contribution >= 0.6 is 0 Å². The largest absolute Gasteiger partial charge is 0.385 e. The van der Waals surface area contributed by atoms with Crippen molar-refractivity contribution in [3.63, 3.8) is 0 Å². The molecule has 18 heavy (non-hydrogen) atoms. The monoisotopic (exact) mass is 253 g/mol. The van der Waals surface area contributed by atoms with Crippen LogP contribution in [0.3, 0.4) is 0 Å². The van der Waals surface area contributed by atoms with Gasteiger partial charge in [0.1, 0.15) is 5.82 Å². The minimum Gasteiger partial charge on any atom is -0.385 e. The quantitative estimate of drug-likeness (QED) is 0.474. The van der Waals surface area contributed by atoms with E-state index in [1.807, 2.05) is 0 Å². The van der Waals surface area contributed by atoms with E-state index in [0.717, 1.165) is 0 Å². The zero-order chi connectivity index (χ0) is 13.5. The highest BCUT2D eigenvalue weighted by molar-refractivity contribution is 6.42. The fraction of sp³-hybridized carbons (Fsp3) is 0.385. The first kappa shape index (κ1) is 14.3. The van der Waals surface area contributed by atoms with E-state index in [0.29, 0.717) is 25.1 Å². The van der Waals surface area contributed by atoms with E-state index in [9.17, 15) is 14.0 Å². The molecule has 0 bridgehead atoms. The van der Waals surface area contributed by atoms with Gasteiger partial charge in [-0.3, -0.25) is 9.59 Å². The Labute approximate surface area is 105 Å². The molecular formula is C13H16FNO3. The molecule has 0 aromatic heterocycles. The van der Waals surface area contributed by atoms with Crippen LogP contribution in [-0.4, -0.2) is 32.0 Å². The van der Waals surface area contributed by atoms with Crippen LogP contribution in [0, 0.1) is 12.7 Å². The second-order valence-corrected chi connectivity index (χ2v) is 3.90. The number of halogens is 1. The number of hydrogen-bond donors (Lipinski definition) is 1. The van der Waals surface area contributed by atoms with E-state index in [1.54, 1.807) is 14.0 Å². The number of ketones is 1. The lowest BCUT2D eigenvalue weighted by Gasteiger charge is -2.05. The lowest BCUT2D eigenvalue weighted by atomic mass is 10.1. The number of methoxy groups -OCH3 is 1. The van der Waals surface area contributed by atoms with Crippen LogP contribution < -0.4 is 5.32 Å². The predicted molar refractivity (Wildman–Crippen MR) is 65.0 cm³/mol. The highest BCUT2D eigenvalue weighted by Gasteiger charge is 2.16. The molecule has 0 fully saturated rings. The molecule has 0 heterocycles. The second kappa shape index (κ2) is 6.86. The summed E-state index contributed by atoms with van der Waals surface area (Å²) in [6.07, 6.45) is 0.637. The zero-order valence-corrected chi connectivity index (χ0v) is 10.5. The van der Waals surface area contributed by atoms with Gasteiger partial charge in [0.2, 0.25) is 5.78 Å². The minimum atomic E-state index is -0.683. The molecule has 0 aliphatic heterocycles. The normalized spacial score (nSPS) is 10.2. The Morgan fingerprint density at radius 3 is 2.72 bits per heavy atom. The third-order valence-corrected chi connectivity index (χ3v) is 2.44. The summed E-state index contributed by atoms with van der Waals surface area (Å²) in [5.41, 5.74) is 0.533. The summed E-state index contributed by atoms with van der Waals surface area (Å²) in [6, 6.07) is 3.85. The van der Waals surface area contributed by atoms with Crippen LogP contribution in [0.1, 0.15) is 22.3 Å². The molecule has 5 heteroatoms. The molecule has 0 aliphatic carbocycles. The number of aryl methyl sites for hydroxylation is 1. The van der Waals surface area contributed by atoms with Gasteiger partial charge < -0.3 is 10.1 Å². The van der Waals surface area contributed by atoms with Gasteiger partial charge in [-0.2, -0.15) is 0 Å². The van der Waals surface area contributed by atoms with Crippen LogP contribution in [0.5, 0.6) is 0 Å². The first-order valence-electron chi connectivity index (χ1n) is 5.64. The SMILES string of the molecule is COCCCNC(=O)C(=O)c1ccc(F)c(C)c1. The molecule has 0 aliphatic rings. The van der Waals surface area contributed by atoms with Crippen LogP contribution in [0.15, 0.2) is 18.2 Å². The maximum Gasteiger partial charge on any atom is 0.292 e. The van der Waals surface area contributed by atoms with Crippen molar-refractivity contribution in [2.45, 2.75) is 13.3 Å². The first-order chi connectivity index (χ1) is 8.56. The van der Waals surface area contributed by atoms with Gasteiger partial charge in [0.05, 0.1) is 0 Å². The highest BCUT2D eigenvalue weighted by atomic mass is 19.1. The number of ether oxygens (including phenoxy) is 1. The van der Waals surface area contributed by atoms with E-state index >= 15 is 0 Å². The molecule has 0 spiro atoms. The van der Waals surface area contributed by atoms with Crippen molar-refractivity contribution in [1.82, 2.24) is 5.32 Å². The Hall–Kier alpha value is -1.75. The molecule has 4 nitrogen and oxygen atoms in total. The van der Waals surface area contributed by atoms with Crippen LogP contribution in [0.25, 0.3) is 0 Å². The van der Waals surface area contributed by atoms with Crippen molar-refractivity contribution >= 4 is 11.7 Å². The van der Waals surface area contributed by atoms with Gasteiger partial charge in [0.25, 0.3) is 5.91 Å². The van der Waals surface area contributed by atoms with E-state index in [4.69, 9.17) is 4.74 Å². The summed E-state index contributed by atoms with van der Waals surface area (Å²) in [5.74, 6) is -1.74. The molecule has 1 rings (SSSR count). The van der Waals surface area contributed by atoms with Crippen molar-refractivity contribution in [3.05, 3.63) is 35.1 Å². The number of amides is 1. The maximum absolute atomic E-state index is 13.0. The molecule has 0 atom stereocenters. The average molecular weight is 253 g/mol. The fourth-order valence-electron chi connectivity index (χ4n) is 1.42. The molecule has 0 saturated carbocycles. The van der Waals surface area contributed by atoms with Crippen LogP contribution in [-0.2, 0) is 9.53 Å². The zero-order valence-electron chi connectivity index (χ0n) is 10.5. The van der Waals surface area contributed by atoms with Crippen LogP contribution in [0.2, 0.25) is 0 Å². The minimum absolute atomic E-state index is 0.193. The molecule has 1 amide bonds. The number of Topliss-reactive ketones (excluding diaryl/α,β-unsaturated/α-hetero) is 1. The number of hydrogen-bond acceptors (Lipinski definition) is 3. The van der Waals surface area contributed by atoms with E-state index in [-0.39, 0.29) is 5.56 Å². The van der Waals surface area contributed by atoms with E-state index in [1.165, 1.54) is 18.2 Å². The lowest BCUT2D eigenvalue weighted by molar-refractivity contribution is -0.117. The van der Waals surface area contributed by atoms with Gasteiger partial charge >= 0.3 is 0 Å². The van der Waals surface area contributed by atoms with E-state index in [2.05, 4.69) is 5.32 Å². The molecule has 1 N–H and O–H groups in total.